The Morgan fingerprint density at radius 1 is 0.850 bits per heavy atom. The molecule has 0 atom stereocenters. The normalized spacial score (nSPS) is 20.2. The molecule has 0 radical (unpaired) electrons. The predicted octanol–water partition coefficient (Wildman–Crippen LogP) is 3.71. The number of hydrogen-bond donors (Lipinski definition) is 2. The Morgan fingerprint density at radius 3 is 2.10 bits per heavy atom. The lowest BCUT2D eigenvalue weighted by atomic mass is 10.1. The van der Waals surface area contributed by atoms with Crippen LogP contribution in [0.15, 0.2) is 24.3 Å². The van der Waals surface area contributed by atoms with Crippen molar-refractivity contribution in [3.63, 3.8) is 0 Å². The Balaban J connectivity index is 1.55. The van der Waals surface area contributed by atoms with Gasteiger partial charge in [-0.25, -0.2) is 0 Å². The fraction of sp³-hybridized carbons (Fsp3) is 0.588. The summed E-state index contributed by atoms with van der Waals surface area (Å²) < 4.78 is 0. The van der Waals surface area contributed by atoms with E-state index in [-0.39, 0.29) is 5.91 Å². The third-order valence-electron chi connectivity index (χ3n) is 4.29. The van der Waals surface area contributed by atoms with E-state index in [9.17, 15) is 4.79 Å². The number of hydrogen-bond acceptors (Lipinski definition) is 2. The van der Waals surface area contributed by atoms with Crippen LogP contribution in [0.3, 0.4) is 0 Å². The smallest absolute Gasteiger partial charge is 0.251 e. The van der Waals surface area contributed by atoms with Gasteiger partial charge in [0.25, 0.3) is 5.91 Å². The number of nitrogens with one attached hydrogen (secondary N) is 2. The standard InChI is InChI=1S/C17H24N2O/c20-17(19-16-11-12-16)13-7-9-15(10-8-13)18-14-5-3-1-2-4-6-14/h7-10,14,16,18H,1-6,11-12H2,(H,19,20). The Morgan fingerprint density at radius 2 is 1.50 bits per heavy atom. The van der Waals surface area contributed by atoms with Crippen molar-refractivity contribution in [1.82, 2.24) is 5.32 Å². The van der Waals surface area contributed by atoms with Crippen molar-refractivity contribution in [3.05, 3.63) is 29.8 Å². The van der Waals surface area contributed by atoms with Crippen LogP contribution in [0, 0.1) is 0 Å². The second-order valence-electron chi connectivity index (χ2n) is 6.16. The first-order valence-electron chi connectivity index (χ1n) is 7.99. The minimum Gasteiger partial charge on any atom is -0.382 e. The largest absolute Gasteiger partial charge is 0.382 e. The molecule has 0 aromatic heterocycles. The molecule has 1 aromatic rings. The van der Waals surface area contributed by atoms with Gasteiger partial charge >= 0.3 is 0 Å². The van der Waals surface area contributed by atoms with Crippen molar-refractivity contribution < 1.29 is 4.79 Å². The summed E-state index contributed by atoms with van der Waals surface area (Å²) in [5.41, 5.74) is 1.91. The van der Waals surface area contributed by atoms with Crippen LogP contribution >= 0.6 is 0 Å². The molecule has 0 aliphatic heterocycles. The second kappa shape index (κ2) is 6.29. The molecule has 1 aromatic carbocycles. The Labute approximate surface area is 121 Å². The minimum atomic E-state index is 0.0634. The van der Waals surface area contributed by atoms with E-state index in [1.165, 1.54) is 38.5 Å². The molecule has 1 amide bonds. The summed E-state index contributed by atoms with van der Waals surface area (Å²) in [4.78, 5) is 11.9. The summed E-state index contributed by atoms with van der Waals surface area (Å²) in [6.07, 6.45) is 10.2. The molecule has 0 heterocycles. The van der Waals surface area contributed by atoms with Crippen molar-refractivity contribution >= 4 is 11.6 Å². The molecule has 20 heavy (non-hydrogen) atoms. The minimum absolute atomic E-state index is 0.0634. The molecule has 3 heteroatoms. The first kappa shape index (κ1) is 13.5. The zero-order chi connectivity index (χ0) is 13.8. The number of benzene rings is 1. The summed E-state index contributed by atoms with van der Waals surface area (Å²) in [6.45, 7) is 0. The van der Waals surface area contributed by atoms with E-state index in [1.54, 1.807) is 0 Å². The molecular formula is C17H24N2O. The molecule has 2 N–H and O–H groups in total. The first-order valence-corrected chi connectivity index (χ1v) is 7.99. The molecule has 2 aliphatic carbocycles. The third kappa shape index (κ3) is 3.75. The van der Waals surface area contributed by atoms with Crippen LogP contribution < -0.4 is 10.6 Å². The highest BCUT2D eigenvalue weighted by molar-refractivity contribution is 5.94. The van der Waals surface area contributed by atoms with E-state index in [0.717, 1.165) is 24.1 Å². The van der Waals surface area contributed by atoms with Crippen molar-refractivity contribution in [2.24, 2.45) is 0 Å². The molecule has 2 aliphatic rings. The third-order valence-corrected chi connectivity index (χ3v) is 4.29. The van der Waals surface area contributed by atoms with Gasteiger partial charge in [-0.3, -0.25) is 4.79 Å². The van der Waals surface area contributed by atoms with E-state index >= 15 is 0 Å². The van der Waals surface area contributed by atoms with Crippen LogP contribution in [-0.4, -0.2) is 18.0 Å². The zero-order valence-corrected chi connectivity index (χ0v) is 12.0. The Bertz CT molecular complexity index is 443. The number of anilines is 1. The van der Waals surface area contributed by atoms with Gasteiger partial charge in [-0.05, 0) is 49.9 Å². The average molecular weight is 272 g/mol. The van der Waals surface area contributed by atoms with E-state index in [4.69, 9.17) is 0 Å². The van der Waals surface area contributed by atoms with Gasteiger partial charge in [0.05, 0.1) is 0 Å². The maximum atomic E-state index is 11.9. The highest BCUT2D eigenvalue weighted by Gasteiger charge is 2.23. The van der Waals surface area contributed by atoms with Gasteiger partial charge in [0, 0.05) is 23.3 Å². The van der Waals surface area contributed by atoms with E-state index in [1.807, 2.05) is 24.3 Å². The highest BCUT2D eigenvalue weighted by atomic mass is 16.1. The average Bonchev–Trinajstić information content (AvgIpc) is 3.27. The van der Waals surface area contributed by atoms with Gasteiger partial charge in [0.2, 0.25) is 0 Å². The van der Waals surface area contributed by atoms with Crippen LogP contribution in [0.25, 0.3) is 0 Å². The van der Waals surface area contributed by atoms with E-state index in [0.29, 0.717) is 12.1 Å². The van der Waals surface area contributed by atoms with Crippen LogP contribution in [0.5, 0.6) is 0 Å². The van der Waals surface area contributed by atoms with Gasteiger partial charge in [0.1, 0.15) is 0 Å². The topological polar surface area (TPSA) is 41.1 Å². The summed E-state index contributed by atoms with van der Waals surface area (Å²) in [6, 6.07) is 8.95. The summed E-state index contributed by atoms with van der Waals surface area (Å²) in [5, 5.41) is 6.63. The number of amides is 1. The molecular weight excluding hydrogens is 248 g/mol. The van der Waals surface area contributed by atoms with Crippen molar-refractivity contribution in [3.8, 4) is 0 Å². The van der Waals surface area contributed by atoms with Gasteiger partial charge in [-0.2, -0.15) is 0 Å². The van der Waals surface area contributed by atoms with Crippen molar-refractivity contribution in [2.45, 2.75) is 63.5 Å². The maximum Gasteiger partial charge on any atom is 0.251 e. The molecule has 3 rings (SSSR count). The zero-order valence-electron chi connectivity index (χ0n) is 12.0. The highest BCUT2D eigenvalue weighted by Crippen LogP contribution is 2.22. The number of carbonyl (C=O) groups is 1. The maximum absolute atomic E-state index is 11.9. The SMILES string of the molecule is O=C(NC1CC1)c1ccc(NC2CCCCCC2)cc1. The number of rotatable bonds is 4. The second-order valence-corrected chi connectivity index (χ2v) is 6.16. The predicted molar refractivity (Wildman–Crippen MR) is 82.0 cm³/mol. The van der Waals surface area contributed by atoms with Crippen LogP contribution in [0.4, 0.5) is 5.69 Å². The van der Waals surface area contributed by atoms with Gasteiger partial charge in [0.15, 0.2) is 0 Å². The fourth-order valence-electron chi connectivity index (χ4n) is 2.87. The molecule has 3 nitrogen and oxygen atoms in total. The van der Waals surface area contributed by atoms with Gasteiger partial charge in [-0.1, -0.05) is 25.7 Å². The van der Waals surface area contributed by atoms with Gasteiger partial charge < -0.3 is 10.6 Å². The van der Waals surface area contributed by atoms with E-state index < -0.39 is 0 Å². The monoisotopic (exact) mass is 272 g/mol. The lowest BCUT2D eigenvalue weighted by Crippen LogP contribution is -2.25. The number of carbonyl (C=O) groups excluding carboxylic acids is 1. The Kier molecular flexibility index (Phi) is 4.24. The quantitative estimate of drug-likeness (QED) is 0.820. The summed E-state index contributed by atoms with van der Waals surface area (Å²) in [5.74, 6) is 0.0634. The lowest BCUT2D eigenvalue weighted by molar-refractivity contribution is 0.0951. The van der Waals surface area contributed by atoms with Crippen LogP contribution in [0.2, 0.25) is 0 Å². The molecule has 2 fully saturated rings. The summed E-state index contributed by atoms with van der Waals surface area (Å²) in [7, 11) is 0. The molecule has 108 valence electrons. The van der Waals surface area contributed by atoms with Crippen LogP contribution in [0.1, 0.15) is 61.7 Å². The first-order chi connectivity index (χ1) is 9.81. The lowest BCUT2D eigenvalue weighted by Gasteiger charge is -2.17. The summed E-state index contributed by atoms with van der Waals surface area (Å²) >= 11 is 0. The van der Waals surface area contributed by atoms with E-state index in [2.05, 4.69) is 10.6 Å². The Hall–Kier alpha value is -1.51. The van der Waals surface area contributed by atoms with Crippen molar-refractivity contribution in [2.75, 3.05) is 5.32 Å². The van der Waals surface area contributed by atoms with Crippen molar-refractivity contribution in [1.29, 1.82) is 0 Å². The molecule has 0 unspecified atom stereocenters. The molecule has 0 saturated heterocycles. The molecule has 0 spiro atoms. The molecule has 2 saturated carbocycles. The fourth-order valence-corrected chi connectivity index (χ4v) is 2.87. The van der Waals surface area contributed by atoms with Gasteiger partial charge in [-0.15, -0.1) is 0 Å². The molecule has 0 bridgehead atoms. The van der Waals surface area contributed by atoms with Crippen LogP contribution in [-0.2, 0) is 0 Å².